The lowest BCUT2D eigenvalue weighted by molar-refractivity contribution is 0.768. The van der Waals surface area contributed by atoms with Crippen LogP contribution in [0.15, 0.2) is 279 Å². The lowest BCUT2D eigenvalue weighted by Gasteiger charge is -2.35. The van der Waals surface area contributed by atoms with Crippen molar-refractivity contribution < 1.29 is 0 Å². The van der Waals surface area contributed by atoms with Crippen LogP contribution in [0.2, 0.25) is 0 Å². The van der Waals surface area contributed by atoms with E-state index >= 15 is 0 Å². The van der Waals surface area contributed by atoms with Gasteiger partial charge in [-0.25, -0.2) is 0 Å². The van der Waals surface area contributed by atoms with Crippen molar-refractivity contribution in [2.75, 3.05) is 4.90 Å². The number of nitrogens with zero attached hydrogens (tertiary/aromatic N) is 2. The molecule has 0 saturated carbocycles. The maximum Gasteiger partial charge on any atom is 0.0714 e. The molecule has 0 bridgehead atoms. The molecule has 0 unspecified atom stereocenters. The average Bonchev–Trinajstić information content (AvgIpc) is 3.92. The molecule has 0 saturated heterocycles. The zero-order valence-electron chi connectivity index (χ0n) is 38.0. The summed E-state index contributed by atoms with van der Waals surface area (Å²) >= 11 is 0. The molecule has 1 aromatic heterocycles. The topological polar surface area (TPSA) is 8.17 Å². The van der Waals surface area contributed by atoms with E-state index < -0.39 is 5.41 Å². The van der Waals surface area contributed by atoms with E-state index in [0.717, 1.165) is 33.9 Å². The third kappa shape index (κ3) is 6.72. The molecular weight excluding hydrogens is 833 g/mol. The fraction of sp³-hybridized carbons (Fsp3) is 0.0149. The second kappa shape index (κ2) is 16.7. The van der Waals surface area contributed by atoms with Gasteiger partial charge in [0.25, 0.3) is 0 Å². The Morgan fingerprint density at radius 2 is 0.725 bits per heavy atom. The van der Waals surface area contributed by atoms with Gasteiger partial charge in [-0.2, -0.15) is 0 Å². The van der Waals surface area contributed by atoms with Crippen LogP contribution in [0, 0.1) is 0 Å². The normalized spacial score (nSPS) is 12.5. The molecule has 0 amide bonds. The fourth-order valence-corrected chi connectivity index (χ4v) is 11.2. The summed E-state index contributed by atoms with van der Waals surface area (Å²) in [6, 6.07) is 102. The fourth-order valence-electron chi connectivity index (χ4n) is 11.2. The zero-order valence-corrected chi connectivity index (χ0v) is 38.0. The molecule has 0 fully saturated rings. The zero-order chi connectivity index (χ0) is 45.7. The van der Waals surface area contributed by atoms with Crippen LogP contribution < -0.4 is 4.90 Å². The Morgan fingerprint density at radius 3 is 1.36 bits per heavy atom. The van der Waals surface area contributed by atoms with Crippen molar-refractivity contribution >= 4 is 38.9 Å². The lowest BCUT2D eigenvalue weighted by atomic mass is 9.67. The number of rotatable bonds is 9. The minimum Gasteiger partial charge on any atom is -0.310 e. The molecule has 2 heteroatoms. The molecule has 11 aromatic carbocycles. The monoisotopic (exact) mass is 878 g/mol. The number of benzene rings is 11. The number of aromatic nitrogens is 1. The Hall–Kier alpha value is -8.98. The van der Waals surface area contributed by atoms with Crippen molar-refractivity contribution in [3.63, 3.8) is 0 Å². The quantitative estimate of drug-likeness (QED) is 0.140. The van der Waals surface area contributed by atoms with Gasteiger partial charge in [-0.15, -0.1) is 0 Å². The van der Waals surface area contributed by atoms with Gasteiger partial charge in [0.05, 0.1) is 16.4 Å². The highest BCUT2D eigenvalue weighted by molar-refractivity contribution is 6.11. The Labute approximate surface area is 403 Å². The average molecular weight is 879 g/mol. The summed E-state index contributed by atoms with van der Waals surface area (Å²) in [6.07, 6.45) is 0. The summed E-state index contributed by atoms with van der Waals surface area (Å²) in [5.74, 6) is 0. The van der Waals surface area contributed by atoms with Crippen LogP contribution >= 0.6 is 0 Å². The number of fused-ring (bicyclic) bond motifs is 6. The highest BCUT2D eigenvalue weighted by atomic mass is 15.1. The SMILES string of the molecule is c1ccc(-c2ccc3c(c2)c2cc(-c4cccc(-c5cccc(N(c6ccccc6)c6ccc7c(c6)C(c6ccccc6)(c6ccccc6)c6ccccc6-7)c5)c4)ccc2n3-c2ccccc2)cc1. The molecule has 0 spiro atoms. The maximum atomic E-state index is 2.45. The Bertz CT molecular complexity index is 3780. The second-order valence-corrected chi connectivity index (χ2v) is 18.1. The predicted octanol–water partition coefficient (Wildman–Crippen LogP) is 17.6. The summed E-state index contributed by atoms with van der Waals surface area (Å²) in [4.78, 5) is 2.41. The van der Waals surface area contributed by atoms with Gasteiger partial charge in [-0.05, 0) is 146 Å². The molecule has 0 atom stereocenters. The number of hydrogen-bond acceptors (Lipinski definition) is 1. The molecule has 0 aliphatic heterocycles. The molecule has 1 heterocycles. The van der Waals surface area contributed by atoms with Crippen LogP contribution in [0.3, 0.4) is 0 Å². The van der Waals surface area contributed by atoms with E-state index in [1.165, 1.54) is 77.4 Å². The van der Waals surface area contributed by atoms with E-state index in [0.29, 0.717) is 0 Å². The number of para-hydroxylation sites is 2. The molecule has 324 valence electrons. The lowest BCUT2D eigenvalue weighted by Crippen LogP contribution is -2.28. The first-order valence-electron chi connectivity index (χ1n) is 23.8. The first kappa shape index (κ1) is 40.3. The Morgan fingerprint density at radius 1 is 0.275 bits per heavy atom. The maximum absolute atomic E-state index is 2.45. The van der Waals surface area contributed by atoms with E-state index in [4.69, 9.17) is 0 Å². The minimum absolute atomic E-state index is 0.501. The Balaban J connectivity index is 0.931. The highest BCUT2D eigenvalue weighted by Gasteiger charge is 2.46. The standard InChI is InChI=1S/C67H46N2/c1-6-20-47(21-7-1)51-36-40-65-61(44-51)62-45-52(37-41-66(62)69(65)56-31-14-5-15-32-56)49-23-18-22-48(42-49)50-24-19-33-57(43-50)68(55-29-12-4-13-30-55)58-38-39-60-59-34-16-17-35-63(59)67(64(60)46-58,53-25-8-2-9-26-53)54-27-10-3-11-28-54/h1-46H. The molecule has 1 aliphatic rings. The Kier molecular flexibility index (Phi) is 9.77. The van der Waals surface area contributed by atoms with Crippen molar-refractivity contribution in [3.05, 3.63) is 301 Å². The molecule has 0 N–H and O–H groups in total. The minimum atomic E-state index is -0.501. The van der Waals surface area contributed by atoms with Crippen molar-refractivity contribution in [3.8, 4) is 50.2 Å². The first-order valence-corrected chi connectivity index (χ1v) is 23.8. The number of anilines is 3. The summed E-state index contributed by atoms with van der Waals surface area (Å²) in [6.45, 7) is 0. The molecule has 1 aliphatic carbocycles. The molecule has 0 radical (unpaired) electrons. The van der Waals surface area contributed by atoms with Gasteiger partial charge in [0, 0.05) is 33.5 Å². The van der Waals surface area contributed by atoms with Crippen molar-refractivity contribution in [2.45, 2.75) is 5.41 Å². The van der Waals surface area contributed by atoms with Crippen LogP contribution in [0.1, 0.15) is 22.3 Å². The van der Waals surface area contributed by atoms with Gasteiger partial charge in [0.1, 0.15) is 0 Å². The van der Waals surface area contributed by atoms with Crippen LogP contribution in [-0.2, 0) is 5.41 Å². The van der Waals surface area contributed by atoms with Gasteiger partial charge in [0.15, 0.2) is 0 Å². The van der Waals surface area contributed by atoms with E-state index in [9.17, 15) is 0 Å². The van der Waals surface area contributed by atoms with Gasteiger partial charge in [-0.1, -0.05) is 200 Å². The highest BCUT2D eigenvalue weighted by Crippen LogP contribution is 2.57. The van der Waals surface area contributed by atoms with Gasteiger partial charge in [-0.3, -0.25) is 0 Å². The van der Waals surface area contributed by atoms with Gasteiger partial charge in [0.2, 0.25) is 0 Å². The van der Waals surface area contributed by atoms with Crippen LogP contribution in [0.4, 0.5) is 17.1 Å². The predicted molar refractivity (Wildman–Crippen MR) is 289 cm³/mol. The third-order valence-electron chi connectivity index (χ3n) is 14.2. The molecule has 12 aromatic rings. The van der Waals surface area contributed by atoms with E-state index in [1.54, 1.807) is 0 Å². The summed E-state index contributed by atoms with van der Waals surface area (Å²) in [7, 11) is 0. The van der Waals surface area contributed by atoms with E-state index in [2.05, 4.69) is 289 Å². The van der Waals surface area contributed by atoms with Crippen LogP contribution in [-0.4, -0.2) is 4.57 Å². The van der Waals surface area contributed by atoms with Gasteiger partial charge < -0.3 is 9.47 Å². The molecular formula is C67H46N2. The molecule has 13 rings (SSSR count). The molecule has 69 heavy (non-hydrogen) atoms. The summed E-state index contributed by atoms with van der Waals surface area (Å²) in [5.41, 5.74) is 21.1. The van der Waals surface area contributed by atoms with E-state index in [1.807, 2.05) is 0 Å². The van der Waals surface area contributed by atoms with Crippen molar-refractivity contribution in [2.24, 2.45) is 0 Å². The van der Waals surface area contributed by atoms with E-state index in [-0.39, 0.29) is 0 Å². The molecule has 2 nitrogen and oxygen atoms in total. The second-order valence-electron chi connectivity index (χ2n) is 18.1. The van der Waals surface area contributed by atoms with Crippen molar-refractivity contribution in [1.29, 1.82) is 0 Å². The van der Waals surface area contributed by atoms with Crippen molar-refractivity contribution in [1.82, 2.24) is 4.57 Å². The van der Waals surface area contributed by atoms with Crippen LogP contribution in [0.25, 0.3) is 72.0 Å². The first-order chi connectivity index (χ1) is 34.2. The summed E-state index contributed by atoms with van der Waals surface area (Å²) < 4.78 is 2.40. The van der Waals surface area contributed by atoms with Gasteiger partial charge >= 0.3 is 0 Å². The van der Waals surface area contributed by atoms with Crippen LogP contribution in [0.5, 0.6) is 0 Å². The summed E-state index contributed by atoms with van der Waals surface area (Å²) in [5, 5.41) is 2.47. The third-order valence-corrected chi connectivity index (χ3v) is 14.2. The number of hydrogen-bond donors (Lipinski definition) is 0. The largest absolute Gasteiger partial charge is 0.310 e. The smallest absolute Gasteiger partial charge is 0.0714 e.